The third-order valence-corrected chi connectivity index (χ3v) is 3.92. The Morgan fingerprint density at radius 2 is 2.00 bits per heavy atom. The maximum absolute atomic E-state index is 5.72. The number of rotatable bonds is 6. The van der Waals surface area contributed by atoms with Crippen molar-refractivity contribution in [2.45, 2.75) is 39.2 Å². The Morgan fingerprint density at radius 1 is 1.14 bits per heavy atom. The maximum Gasteiger partial charge on any atom is 0.142 e. The summed E-state index contributed by atoms with van der Waals surface area (Å²) in [7, 11) is 0. The molecule has 1 saturated carbocycles. The van der Waals surface area contributed by atoms with Crippen LogP contribution in [0.3, 0.4) is 0 Å². The first-order chi connectivity index (χ1) is 10.3. The minimum absolute atomic E-state index is 0.690. The van der Waals surface area contributed by atoms with Gasteiger partial charge < -0.3 is 10.1 Å². The lowest BCUT2D eigenvalue weighted by atomic mass is 10.1. The van der Waals surface area contributed by atoms with Gasteiger partial charge in [0.15, 0.2) is 0 Å². The third kappa shape index (κ3) is 3.57. The van der Waals surface area contributed by atoms with Gasteiger partial charge in [-0.15, -0.1) is 0 Å². The highest BCUT2D eigenvalue weighted by atomic mass is 16.5. The molecule has 2 nitrogen and oxygen atoms in total. The molecule has 0 radical (unpaired) electrons. The topological polar surface area (TPSA) is 21.3 Å². The molecule has 2 aromatic carbocycles. The Balaban J connectivity index is 1.70. The van der Waals surface area contributed by atoms with Crippen LogP contribution >= 0.6 is 0 Å². The Morgan fingerprint density at radius 3 is 2.76 bits per heavy atom. The van der Waals surface area contributed by atoms with E-state index in [2.05, 4.69) is 54.7 Å². The zero-order chi connectivity index (χ0) is 14.7. The molecule has 0 aromatic heterocycles. The second-order valence-electron chi connectivity index (χ2n) is 5.81. The molecule has 1 aliphatic carbocycles. The van der Waals surface area contributed by atoms with Gasteiger partial charge in [0.2, 0.25) is 0 Å². The van der Waals surface area contributed by atoms with Gasteiger partial charge in [-0.05, 0) is 61.4 Å². The molecular weight excluding hydrogens is 258 g/mol. The average Bonchev–Trinajstić information content (AvgIpc) is 3.32. The van der Waals surface area contributed by atoms with Crippen molar-refractivity contribution in [2.75, 3.05) is 11.9 Å². The molecule has 0 spiro atoms. The van der Waals surface area contributed by atoms with E-state index in [-0.39, 0.29) is 0 Å². The van der Waals surface area contributed by atoms with E-state index < -0.39 is 0 Å². The van der Waals surface area contributed by atoms with E-state index in [1.54, 1.807) is 0 Å². The summed E-state index contributed by atoms with van der Waals surface area (Å²) in [6.45, 7) is 5.63. The van der Waals surface area contributed by atoms with E-state index in [4.69, 9.17) is 4.74 Å². The fraction of sp³-hybridized carbons (Fsp3) is 0.368. The molecule has 0 heterocycles. The predicted molar refractivity (Wildman–Crippen MR) is 88.1 cm³/mol. The summed E-state index contributed by atoms with van der Waals surface area (Å²) in [5.41, 5.74) is 5.12. The Labute approximate surface area is 127 Å². The normalized spacial score (nSPS) is 14.0. The van der Waals surface area contributed by atoms with Crippen molar-refractivity contribution in [3.63, 3.8) is 0 Å². The largest absolute Gasteiger partial charge is 0.492 e. The second kappa shape index (κ2) is 6.21. The lowest BCUT2D eigenvalue weighted by molar-refractivity contribution is 0.341. The fourth-order valence-corrected chi connectivity index (χ4v) is 2.62. The number of hydrogen-bond acceptors (Lipinski definition) is 2. The van der Waals surface area contributed by atoms with Gasteiger partial charge in [0.25, 0.3) is 0 Å². The molecular formula is C19H23NO. The zero-order valence-corrected chi connectivity index (χ0v) is 12.9. The molecule has 1 N–H and O–H groups in total. The van der Waals surface area contributed by atoms with Crippen molar-refractivity contribution in [1.82, 2.24) is 0 Å². The highest BCUT2D eigenvalue weighted by Gasteiger charge is 2.23. The standard InChI is InChI=1S/C19H23NO/c1-3-21-19-11-14(2)7-10-18(19)20-13-15-5-4-6-17(12-15)16-8-9-16/h4-7,10-12,16,20H,3,8-9,13H2,1-2H3. The number of anilines is 1. The van der Waals surface area contributed by atoms with Crippen LogP contribution in [0.4, 0.5) is 5.69 Å². The Kier molecular flexibility index (Phi) is 4.14. The van der Waals surface area contributed by atoms with Gasteiger partial charge in [-0.25, -0.2) is 0 Å². The van der Waals surface area contributed by atoms with Crippen LogP contribution in [-0.4, -0.2) is 6.61 Å². The minimum atomic E-state index is 0.690. The highest BCUT2D eigenvalue weighted by molar-refractivity contribution is 5.58. The van der Waals surface area contributed by atoms with Crippen molar-refractivity contribution in [3.8, 4) is 5.75 Å². The van der Waals surface area contributed by atoms with E-state index in [0.29, 0.717) is 6.61 Å². The van der Waals surface area contributed by atoms with E-state index in [0.717, 1.165) is 23.9 Å². The summed E-state index contributed by atoms with van der Waals surface area (Å²) in [5.74, 6) is 1.75. The molecule has 0 unspecified atom stereocenters. The van der Waals surface area contributed by atoms with Gasteiger partial charge >= 0.3 is 0 Å². The fourth-order valence-electron chi connectivity index (χ4n) is 2.62. The molecule has 3 rings (SSSR count). The van der Waals surface area contributed by atoms with Crippen LogP contribution in [0.5, 0.6) is 5.75 Å². The monoisotopic (exact) mass is 281 g/mol. The SMILES string of the molecule is CCOc1cc(C)ccc1NCc1cccc(C2CC2)c1. The van der Waals surface area contributed by atoms with Crippen LogP contribution in [0.1, 0.15) is 42.4 Å². The zero-order valence-electron chi connectivity index (χ0n) is 12.9. The minimum Gasteiger partial charge on any atom is -0.492 e. The first-order valence-electron chi connectivity index (χ1n) is 7.82. The highest BCUT2D eigenvalue weighted by Crippen LogP contribution is 2.40. The van der Waals surface area contributed by atoms with E-state index in [1.165, 1.54) is 29.5 Å². The number of ether oxygens (including phenoxy) is 1. The smallest absolute Gasteiger partial charge is 0.142 e. The van der Waals surface area contributed by atoms with E-state index in [1.807, 2.05) is 6.92 Å². The number of hydrogen-bond donors (Lipinski definition) is 1. The molecule has 1 aliphatic rings. The summed E-state index contributed by atoms with van der Waals surface area (Å²) < 4.78 is 5.72. The van der Waals surface area contributed by atoms with E-state index in [9.17, 15) is 0 Å². The lowest BCUT2D eigenvalue weighted by Gasteiger charge is -2.13. The molecule has 0 aliphatic heterocycles. The summed E-state index contributed by atoms with van der Waals surface area (Å²) in [5, 5.41) is 3.50. The predicted octanol–water partition coefficient (Wildman–Crippen LogP) is 4.88. The quantitative estimate of drug-likeness (QED) is 0.814. The van der Waals surface area contributed by atoms with Crippen molar-refractivity contribution in [3.05, 3.63) is 59.2 Å². The molecule has 1 fully saturated rings. The third-order valence-electron chi connectivity index (χ3n) is 3.92. The summed E-state index contributed by atoms with van der Waals surface area (Å²) in [6, 6.07) is 15.2. The van der Waals surface area contributed by atoms with Crippen LogP contribution in [-0.2, 0) is 6.54 Å². The first kappa shape index (κ1) is 14.0. The average molecular weight is 281 g/mol. The molecule has 2 heteroatoms. The van der Waals surface area contributed by atoms with Crippen LogP contribution in [0, 0.1) is 6.92 Å². The van der Waals surface area contributed by atoms with Crippen LogP contribution in [0.15, 0.2) is 42.5 Å². The molecule has 0 saturated heterocycles. The lowest BCUT2D eigenvalue weighted by Crippen LogP contribution is -2.03. The molecule has 0 amide bonds. The first-order valence-corrected chi connectivity index (χ1v) is 7.82. The van der Waals surface area contributed by atoms with Gasteiger partial charge in [-0.1, -0.05) is 30.3 Å². The van der Waals surface area contributed by atoms with Gasteiger partial charge in [0, 0.05) is 6.54 Å². The van der Waals surface area contributed by atoms with Crippen molar-refractivity contribution < 1.29 is 4.74 Å². The Bertz CT molecular complexity index is 617. The molecule has 21 heavy (non-hydrogen) atoms. The van der Waals surface area contributed by atoms with E-state index >= 15 is 0 Å². The summed E-state index contributed by atoms with van der Waals surface area (Å²) in [6.07, 6.45) is 2.70. The van der Waals surface area contributed by atoms with Gasteiger partial charge in [0.05, 0.1) is 12.3 Å². The van der Waals surface area contributed by atoms with Gasteiger partial charge in [0.1, 0.15) is 5.75 Å². The summed E-state index contributed by atoms with van der Waals surface area (Å²) in [4.78, 5) is 0. The van der Waals surface area contributed by atoms with Crippen molar-refractivity contribution in [1.29, 1.82) is 0 Å². The number of aryl methyl sites for hydroxylation is 1. The maximum atomic E-state index is 5.72. The molecule has 110 valence electrons. The molecule has 2 aromatic rings. The van der Waals surface area contributed by atoms with Crippen molar-refractivity contribution in [2.24, 2.45) is 0 Å². The van der Waals surface area contributed by atoms with Crippen LogP contribution < -0.4 is 10.1 Å². The Hall–Kier alpha value is -1.96. The van der Waals surface area contributed by atoms with Crippen LogP contribution in [0.2, 0.25) is 0 Å². The molecule has 0 atom stereocenters. The molecule has 0 bridgehead atoms. The second-order valence-corrected chi connectivity index (χ2v) is 5.81. The van der Waals surface area contributed by atoms with Crippen molar-refractivity contribution >= 4 is 5.69 Å². The number of benzene rings is 2. The number of nitrogens with one attached hydrogen (secondary N) is 1. The van der Waals surface area contributed by atoms with Gasteiger partial charge in [-0.2, -0.15) is 0 Å². The van der Waals surface area contributed by atoms with Crippen LogP contribution in [0.25, 0.3) is 0 Å². The summed E-state index contributed by atoms with van der Waals surface area (Å²) >= 11 is 0. The van der Waals surface area contributed by atoms with Gasteiger partial charge in [-0.3, -0.25) is 0 Å².